The van der Waals surface area contributed by atoms with Gasteiger partial charge in [0.2, 0.25) is 11.8 Å². The van der Waals surface area contributed by atoms with Gasteiger partial charge in [0.15, 0.2) is 0 Å². The fraction of sp³-hybridized carbons (Fsp3) is 0.231. The standard InChI is InChI=1S/C26H25ClFN5O5S/c1-4-29-24(34)15(2)13-33-14-31-21-7-5-16(9-19(21)26(33)35)17-10-22(25(38-3)30-12-17)32-39(36,37)23-8-6-18(28)11-20(23)27/h5-12,14-15,32H,4,13H2,1-3H3,(H,29,34). The first kappa shape index (κ1) is 28.0. The average Bonchev–Trinajstić information content (AvgIpc) is 2.89. The Labute approximate surface area is 228 Å². The molecule has 204 valence electrons. The molecule has 2 N–H and O–H groups in total. The first-order valence-corrected chi connectivity index (χ1v) is 13.7. The summed E-state index contributed by atoms with van der Waals surface area (Å²) in [5.41, 5.74) is 1.18. The second-order valence-electron chi connectivity index (χ2n) is 8.69. The molecule has 0 spiro atoms. The zero-order valence-corrected chi connectivity index (χ0v) is 22.8. The predicted octanol–water partition coefficient (Wildman–Crippen LogP) is 3.83. The number of hydrogen-bond donors (Lipinski definition) is 2. The van der Waals surface area contributed by atoms with Gasteiger partial charge in [-0.15, -0.1) is 0 Å². The minimum Gasteiger partial charge on any atom is -0.480 e. The second kappa shape index (κ2) is 11.4. The minimum absolute atomic E-state index is 0.00912. The number of ether oxygens (including phenoxy) is 1. The molecule has 2 heterocycles. The first-order chi connectivity index (χ1) is 18.5. The van der Waals surface area contributed by atoms with Crippen molar-refractivity contribution >= 4 is 44.1 Å². The van der Waals surface area contributed by atoms with Crippen LogP contribution < -0.4 is 20.3 Å². The van der Waals surface area contributed by atoms with Crippen LogP contribution in [0.5, 0.6) is 5.88 Å². The molecule has 0 bridgehead atoms. The number of fused-ring (bicyclic) bond motifs is 1. The van der Waals surface area contributed by atoms with Gasteiger partial charge in [-0.1, -0.05) is 24.6 Å². The van der Waals surface area contributed by atoms with Crippen LogP contribution in [0.3, 0.4) is 0 Å². The van der Waals surface area contributed by atoms with Gasteiger partial charge in [-0.05, 0) is 48.9 Å². The van der Waals surface area contributed by atoms with E-state index >= 15 is 0 Å². The molecule has 0 fully saturated rings. The first-order valence-electron chi connectivity index (χ1n) is 11.8. The summed E-state index contributed by atoms with van der Waals surface area (Å²) >= 11 is 5.96. The normalized spacial score (nSPS) is 12.2. The SMILES string of the molecule is CCNC(=O)C(C)Cn1cnc2ccc(-c3cnc(OC)c(NS(=O)(=O)c4ccc(F)cc4Cl)c3)cc2c1=O. The third kappa shape index (κ3) is 6.02. The monoisotopic (exact) mass is 573 g/mol. The fourth-order valence-electron chi connectivity index (χ4n) is 3.93. The van der Waals surface area contributed by atoms with Crippen LogP contribution in [-0.2, 0) is 21.4 Å². The van der Waals surface area contributed by atoms with Gasteiger partial charge >= 0.3 is 0 Å². The van der Waals surface area contributed by atoms with Gasteiger partial charge in [-0.2, -0.15) is 0 Å². The Morgan fingerprint density at radius 1 is 1.15 bits per heavy atom. The number of nitrogens with zero attached hydrogens (tertiary/aromatic N) is 3. The average molecular weight is 574 g/mol. The highest BCUT2D eigenvalue weighted by atomic mass is 35.5. The Kier molecular flexibility index (Phi) is 8.17. The molecule has 1 atom stereocenters. The maximum atomic E-state index is 13.4. The van der Waals surface area contributed by atoms with Crippen LogP contribution in [0.4, 0.5) is 10.1 Å². The van der Waals surface area contributed by atoms with E-state index < -0.39 is 21.8 Å². The van der Waals surface area contributed by atoms with Gasteiger partial charge < -0.3 is 10.1 Å². The molecule has 0 aliphatic rings. The lowest BCUT2D eigenvalue weighted by Gasteiger charge is -2.14. The molecule has 10 nitrogen and oxygen atoms in total. The molecule has 0 radical (unpaired) electrons. The van der Waals surface area contributed by atoms with Crippen molar-refractivity contribution in [3.63, 3.8) is 0 Å². The number of methoxy groups -OCH3 is 1. The molecule has 4 rings (SSSR count). The number of pyridine rings is 1. The summed E-state index contributed by atoms with van der Waals surface area (Å²) in [6, 6.07) is 9.43. The maximum absolute atomic E-state index is 13.4. The summed E-state index contributed by atoms with van der Waals surface area (Å²) in [6.07, 6.45) is 2.87. The van der Waals surface area contributed by atoms with E-state index in [1.54, 1.807) is 25.1 Å². The Balaban J connectivity index is 1.71. The molecular weight excluding hydrogens is 549 g/mol. The van der Waals surface area contributed by atoms with Crippen molar-refractivity contribution in [2.24, 2.45) is 5.92 Å². The molecule has 1 unspecified atom stereocenters. The second-order valence-corrected chi connectivity index (χ2v) is 10.7. The highest BCUT2D eigenvalue weighted by molar-refractivity contribution is 7.92. The fourth-order valence-corrected chi connectivity index (χ4v) is 5.51. The van der Waals surface area contributed by atoms with Crippen LogP contribution in [0.2, 0.25) is 5.02 Å². The van der Waals surface area contributed by atoms with E-state index in [2.05, 4.69) is 20.0 Å². The lowest BCUT2D eigenvalue weighted by Crippen LogP contribution is -2.34. The molecule has 4 aromatic rings. The quantitative estimate of drug-likeness (QED) is 0.311. The summed E-state index contributed by atoms with van der Waals surface area (Å²) in [6.45, 7) is 4.18. The molecule has 39 heavy (non-hydrogen) atoms. The maximum Gasteiger partial charge on any atom is 0.263 e. The van der Waals surface area contributed by atoms with Gasteiger partial charge in [0, 0.05) is 24.8 Å². The number of carbonyl (C=O) groups is 1. The summed E-state index contributed by atoms with van der Waals surface area (Å²) in [7, 11) is -2.90. The lowest BCUT2D eigenvalue weighted by atomic mass is 10.0. The van der Waals surface area contributed by atoms with E-state index in [0.29, 0.717) is 28.6 Å². The van der Waals surface area contributed by atoms with E-state index in [4.69, 9.17) is 16.3 Å². The van der Waals surface area contributed by atoms with E-state index in [-0.39, 0.29) is 39.5 Å². The van der Waals surface area contributed by atoms with Crippen LogP contribution in [0.1, 0.15) is 13.8 Å². The van der Waals surface area contributed by atoms with Gasteiger partial charge in [-0.3, -0.25) is 18.9 Å². The van der Waals surface area contributed by atoms with Crippen LogP contribution in [0, 0.1) is 11.7 Å². The van der Waals surface area contributed by atoms with Crippen molar-refractivity contribution < 1.29 is 22.3 Å². The van der Waals surface area contributed by atoms with Crippen LogP contribution in [-0.4, -0.2) is 42.5 Å². The van der Waals surface area contributed by atoms with E-state index in [0.717, 1.165) is 18.2 Å². The minimum atomic E-state index is -4.23. The molecular formula is C26H25ClFN5O5S. The zero-order valence-electron chi connectivity index (χ0n) is 21.2. The number of hydrogen-bond acceptors (Lipinski definition) is 7. The number of nitrogens with one attached hydrogen (secondary N) is 2. The molecule has 13 heteroatoms. The molecule has 0 saturated carbocycles. The third-order valence-corrected chi connectivity index (χ3v) is 7.75. The Hall–Kier alpha value is -4.03. The van der Waals surface area contributed by atoms with Crippen molar-refractivity contribution in [3.8, 4) is 17.0 Å². The number of carbonyl (C=O) groups excluding carboxylic acids is 1. The third-order valence-electron chi connectivity index (χ3n) is 5.90. The van der Waals surface area contributed by atoms with Crippen molar-refractivity contribution in [2.75, 3.05) is 18.4 Å². The number of sulfonamides is 1. The molecule has 2 aromatic heterocycles. The van der Waals surface area contributed by atoms with Crippen molar-refractivity contribution in [2.45, 2.75) is 25.3 Å². The predicted molar refractivity (Wildman–Crippen MR) is 146 cm³/mol. The largest absolute Gasteiger partial charge is 0.480 e. The van der Waals surface area contributed by atoms with E-state index in [1.807, 2.05) is 6.92 Å². The Morgan fingerprint density at radius 3 is 2.62 bits per heavy atom. The van der Waals surface area contributed by atoms with Gasteiger partial charge in [0.25, 0.3) is 15.6 Å². The summed E-state index contributed by atoms with van der Waals surface area (Å²) in [5.74, 6) is -1.30. The van der Waals surface area contributed by atoms with Crippen LogP contribution >= 0.6 is 11.6 Å². The number of anilines is 1. The smallest absolute Gasteiger partial charge is 0.263 e. The Morgan fingerprint density at radius 2 is 1.92 bits per heavy atom. The van der Waals surface area contributed by atoms with Crippen molar-refractivity contribution in [1.29, 1.82) is 0 Å². The number of halogens is 2. The van der Waals surface area contributed by atoms with Crippen molar-refractivity contribution in [1.82, 2.24) is 19.9 Å². The van der Waals surface area contributed by atoms with Crippen LogP contribution in [0.15, 0.2) is 64.7 Å². The van der Waals surface area contributed by atoms with Gasteiger partial charge in [0.05, 0.1) is 35.3 Å². The van der Waals surface area contributed by atoms with E-state index in [9.17, 15) is 22.4 Å². The number of amides is 1. The van der Waals surface area contributed by atoms with Gasteiger partial charge in [-0.25, -0.2) is 22.8 Å². The number of aromatic nitrogens is 3. The lowest BCUT2D eigenvalue weighted by molar-refractivity contribution is -0.124. The highest BCUT2D eigenvalue weighted by Gasteiger charge is 2.22. The zero-order chi connectivity index (χ0) is 28.3. The molecule has 0 aliphatic carbocycles. The molecule has 0 saturated heterocycles. The van der Waals surface area contributed by atoms with Gasteiger partial charge in [0.1, 0.15) is 16.4 Å². The van der Waals surface area contributed by atoms with E-state index in [1.165, 1.54) is 30.3 Å². The number of rotatable bonds is 9. The summed E-state index contributed by atoms with van der Waals surface area (Å²) in [5, 5.41) is 2.76. The van der Waals surface area contributed by atoms with Crippen LogP contribution in [0.25, 0.3) is 22.0 Å². The molecule has 2 aromatic carbocycles. The van der Waals surface area contributed by atoms with Crippen molar-refractivity contribution in [3.05, 3.63) is 76.2 Å². The topological polar surface area (TPSA) is 132 Å². The summed E-state index contributed by atoms with van der Waals surface area (Å²) in [4.78, 5) is 33.6. The number of benzene rings is 2. The highest BCUT2D eigenvalue weighted by Crippen LogP contribution is 2.32. The summed E-state index contributed by atoms with van der Waals surface area (Å²) < 4.78 is 48.4. The Bertz CT molecular complexity index is 1730. The molecule has 1 amide bonds. The molecule has 0 aliphatic heterocycles.